The molecule has 0 bridgehead atoms. The summed E-state index contributed by atoms with van der Waals surface area (Å²) in [7, 11) is 3.32. The van der Waals surface area contributed by atoms with E-state index in [4.69, 9.17) is 18.7 Å². The third-order valence-corrected chi connectivity index (χ3v) is 3.94. The molecule has 24 heavy (non-hydrogen) atoms. The number of ether oxygens (including phenoxy) is 3. The molecule has 0 N–H and O–H groups in total. The zero-order valence-electron chi connectivity index (χ0n) is 14.2. The van der Waals surface area contributed by atoms with Crippen LogP contribution in [-0.4, -0.2) is 49.0 Å². The first-order valence-corrected chi connectivity index (χ1v) is 8.11. The van der Waals surface area contributed by atoms with Gasteiger partial charge in [0.25, 0.3) is 0 Å². The van der Waals surface area contributed by atoms with E-state index in [1.807, 2.05) is 12.1 Å². The Kier molecular flexibility index (Phi) is 5.66. The molecule has 1 aliphatic rings. The normalized spacial score (nSPS) is 15.2. The Balaban J connectivity index is 1.70. The molecular formula is C17H23N3O4. The van der Waals surface area contributed by atoms with Crippen molar-refractivity contribution in [1.29, 1.82) is 0 Å². The SMILES string of the molecule is COCCc1noc(CN2CCCOc3c(cccc3OC)C2)n1. The van der Waals surface area contributed by atoms with Crippen molar-refractivity contribution < 1.29 is 18.7 Å². The lowest BCUT2D eigenvalue weighted by Crippen LogP contribution is -2.27. The first kappa shape index (κ1) is 16.7. The average Bonchev–Trinajstić information content (AvgIpc) is 3.02. The highest BCUT2D eigenvalue weighted by atomic mass is 16.5. The predicted molar refractivity (Wildman–Crippen MR) is 87.1 cm³/mol. The fourth-order valence-corrected chi connectivity index (χ4v) is 2.77. The molecule has 0 aliphatic carbocycles. The van der Waals surface area contributed by atoms with Crippen molar-refractivity contribution in [3.63, 3.8) is 0 Å². The largest absolute Gasteiger partial charge is 0.493 e. The Bertz CT molecular complexity index is 659. The van der Waals surface area contributed by atoms with Crippen LogP contribution in [0.25, 0.3) is 0 Å². The topological polar surface area (TPSA) is 69.9 Å². The molecule has 0 unspecified atom stereocenters. The summed E-state index contributed by atoms with van der Waals surface area (Å²) in [6.07, 6.45) is 1.59. The second-order valence-electron chi connectivity index (χ2n) is 5.71. The highest BCUT2D eigenvalue weighted by molar-refractivity contribution is 5.46. The van der Waals surface area contributed by atoms with E-state index in [1.165, 1.54) is 0 Å². The van der Waals surface area contributed by atoms with Crippen LogP contribution in [0.2, 0.25) is 0 Å². The van der Waals surface area contributed by atoms with Gasteiger partial charge in [-0.1, -0.05) is 17.3 Å². The second-order valence-corrected chi connectivity index (χ2v) is 5.71. The molecular weight excluding hydrogens is 310 g/mol. The Morgan fingerprint density at radius 3 is 3.04 bits per heavy atom. The Morgan fingerprint density at radius 2 is 2.21 bits per heavy atom. The van der Waals surface area contributed by atoms with Gasteiger partial charge in [0, 0.05) is 32.2 Å². The molecule has 0 radical (unpaired) electrons. The maximum atomic E-state index is 5.88. The lowest BCUT2D eigenvalue weighted by atomic mass is 10.1. The average molecular weight is 333 g/mol. The van der Waals surface area contributed by atoms with Crippen molar-refractivity contribution in [3.05, 3.63) is 35.5 Å². The Labute approximate surface area is 141 Å². The first-order chi connectivity index (χ1) is 11.8. The molecule has 2 aromatic rings. The number of rotatable bonds is 6. The van der Waals surface area contributed by atoms with Crippen molar-refractivity contribution in [2.24, 2.45) is 0 Å². The van der Waals surface area contributed by atoms with Gasteiger partial charge in [-0.15, -0.1) is 0 Å². The van der Waals surface area contributed by atoms with Gasteiger partial charge in [-0.25, -0.2) is 0 Å². The van der Waals surface area contributed by atoms with E-state index in [-0.39, 0.29) is 0 Å². The minimum absolute atomic E-state index is 0.590. The molecule has 130 valence electrons. The fourth-order valence-electron chi connectivity index (χ4n) is 2.77. The van der Waals surface area contributed by atoms with Crippen molar-refractivity contribution in [3.8, 4) is 11.5 Å². The van der Waals surface area contributed by atoms with E-state index in [9.17, 15) is 0 Å². The molecule has 7 nitrogen and oxygen atoms in total. The van der Waals surface area contributed by atoms with Gasteiger partial charge in [0.05, 0.1) is 26.9 Å². The highest BCUT2D eigenvalue weighted by Crippen LogP contribution is 2.33. The molecule has 1 aromatic heterocycles. The molecule has 0 fully saturated rings. The Morgan fingerprint density at radius 1 is 1.29 bits per heavy atom. The monoisotopic (exact) mass is 333 g/mol. The van der Waals surface area contributed by atoms with Gasteiger partial charge in [0.1, 0.15) is 0 Å². The van der Waals surface area contributed by atoms with Crippen LogP contribution in [0.1, 0.15) is 23.7 Å². The highest BCUT2D eigenvalue weighted by Gasteiger charge is 2.19. The molecule has 1 aromatic carbocycles. The third kappa shape index (κ3) is 4.04. The van der Waals surface area contributed by atoms with Gasteiger partial charge >= 0.3 is 0 Å². The van der Waals surface area contributed by atoms with Gasteiger partial charge in [-0.05, 0) is 12.5 Å². The molecule has 2 heterocycles. The smallest absolute Gasteiger partial charge is 0.240 e. The minimum atomic E-state index is 0.590. The van der Waals surface area contributed by atoms with Crippen LogP contribution in [0.4, 0.5) is 0 Å². The van der Waals surface area contributed by atoms with E-state index < -0.39 is 0 Å². The summed E-state index contributed by atoms with van der Waals surface area (Å²) < 4.78 is 21.7. The first-order valence-electron chi connectivity index (χ1n) is 8.11. The number of nitrogens with zero attached hydrogens (tertiary/aromatic N) is 3. The second kappa shape index (κ2) is 8.12. The molecule has 3 rings (SSSR count). The number of para-hydroxylation sites is 1. The van der Waals surface area contributed by atoms with E-state index >= 15 is 0 Å². The van der Waals surface area contributed by atoms with Crippen molar-refractivity contribution in [2.45, 2.75) is 25.9 Å². The lowest BCUT2D eigenvalue weighted by Gasteiger charge is -2.25. The van der Waals surface area contributed by atoms with Crippen LogP contribution >= 0.6 is 0 Å². The van der Waals surface area contributed by atoms with E-state index in [2.05, 4.69) is 21.1 Å². The summed E-state index contributed by atoms with van der Waals surface area (Å²) in [6.45, 7) is 3.53. The van der Waals surface area contributed by atoms with Gasteiger partial charge in [0.2, 0.25) is 5.89 Å². The number of benzene rings is 1. The number of hydrogen-bond donors (Lipinski definition) is 0. The van der Waals surface area contributed by atoms with Gasteiger partial charge < -0.3 is 18.7 Å². The van der Waals surface area contributed by atoms with Crippen LogP contribution in [0, 0.1) is 0 Å². The zero-order chi connectivity index (χ0) is 16.8. The molecule has 0 spiro atoms. The molecule has 0 saturated carbocycles. The molecule has 0 saturated heterocycles. The van der Waals surface area contributed by atoms with E-state index in [1.54, 1.807) is 14.2 Å². The molecule has 0 amide bonds. The molecule has 0 atom stereocenters. The van der Waals surface area contributed by atoms with Crippen LogP contribution in [-0.2, 0) is 24.2 Å². The van der Waals surface area contributed by atoms with Gasteiger partial charge in [-0.2, -0.15) is 4.98 Å². The van der Waals surface area contributed by atoms with Crippen LogP contribution in [0.15, 0.2) is 22.7 Å². The standard InChI is InChI=1S/C17H23N3O4/c1-21-10-7-15-18-16(24-19-15)12-20-8-4-9-23-17-13(11-20)5-3-6-14(17)22-2/h3,5-6H,4,7-12H2,1-2H3. The number of methoxy groups -OCH3 is 2. The van der Waals surface area contributed by atoms with E-state index in [0.717, 1.165) is 36.6 Å². The summed E-state index contributed by atoms with van der Waals surface area (Å²) in [4.78, 5) is 6.72. The van der Waals surface area contributed by atoms with Gasteiger partial charge in [0.15, 0.2) is 17.3 Å². The fraction of sp³-hybridized carbons (Fsp3) is 0.529. The predicted octanol–water partition coefficient (Wildman–Crippen LogP) is 2.05. The lowest BCUT2D eigenvalue weighted by molar-refractivity contribution is 0.177. The zero-order valence-corrected chi connectivity index (χ0v) is 14.2. The molecule has 7 heteroatoms. The number of fused-ring (bicyclic) bond motifs is 1. The van der Waals surface area contributed by atoms with E-state index in [0.29, 0.717) is 37.9 Å². The molecule has 1 aliphatic heterocycles. The van der Waals surface area contributed by atoms with Crippen LogP contribution in [0.5, 0.6) is 11.5 Å². The minimum Gasteiger partial charge on any atom is -0.493 e. The third-order valence-electron chi connectivity index (χ3n) is 3.94. The van der Waals surface area contributed by atoms with Gasteiger partial charge in [-0.3, -0.25) is 4.90 Å². The summed E-state index contributed by atoms with van der Waals surface area (Å²) >= 11 is 0. The number of aromatic nitrogens is 2. The van der Waals surface area contributed by atoms with Crippen LogP contribution in [0.3, 0.4) is 0 Å². The summed E-state index contributed by atoms with van der Waals surface area (Å²) in [6, 6.07) is 5.97. The summed E-state index contributed by atoms with van der Waals surface area (Å²) in [5, 5.41) is 4.00. The maximum absolute atomic E-state index is 5.88. The van der Waals surface area contributed by atoms with Crippen molar-refractivity contribution in [1.82, 2.24) is 15.0 Å². The Hall–Kier alpha value is -2.12. The van der Waals surface area contributed by atoms with Crippen LogP contribution < -0.4 is 9.47 Å². The quantitative estimate of drug-likeness (QED) is 0.801. The van der Waals surface area contributed by atoms with Crippen molar-refractivity contribution in [2.75, 3.05) is 34.0 Å². The number of hydrogen-bond acceptors (Lipinski definition) is 7. The summed E-state index contributed by atoms with van der Waals surface area (Å²) in [5.74, 6) is 2.92. The maximum Gasteiger partial charge on any atom is 0.240 e. The summed E-state index contributed by atoms with van der Waals surface area (Å²) in [5.41, 5.74) is 1.10. The van der Waals surface area contributed by atoms with Crippen molar-refractivity contribution >= 4 is 0 Å².